The van der Waals surface area contributed by atoms with Crippen molar-refractivity contribution in [2.75, 3.05) is 27.2 Å². The van der Waals surface area contributed by atoms with E-state index < -0.39 is 0 Å². The van der Waals surface area contributed by atoms with Crippen LogP contribution in [0.1, 0.15) is 28.3 Å². The predicted octanol–water partition coefficient (Wildman–Crippen LogP) is 1.62. The average molecular weight is 253 g/mol. The highest BCUT2D eigenvalue weighted by atomic mass is 32.1. The summed E-state index contributed by atoms with van der Waals surface area (Å²) < 4.78 is 0. The molecule has 0 spiro atoms. The Morgan fingerprint density at radius 1 is 1.47 bits per heavy atom. The van der Waals surface area contributed by atoms with Crippen molar-refractivity contribution in [3.8, 4) is 0 Å². The van der Waals surface area contributed by atoms with Crippen LogP contribution in [0.15, 0.2) is 5.38 Å². The minimum absolute atomic E-state index is 0.0894. The van der Waals surface area contributed by atoms with Crippen molar-refractivity contribution in [3.05, 3.63) is 16.1 Å². The van der Waals surface area contributed by atoms with Crippen molar-refractivity contribution < 1.29 is 4.79 Å². The molecule has 2 rings (SSSR count). The second-order valence-electron chi connectivity index (χ2n) is 4.74. The van der Waals surface area contributed by atoms with E-state index in [1.165, 1.54) is 11.3 Å². The molecule has 1 aromatic rings. The van der Waals surface area contributed by atoms with Crippen LogP contribution in [-0.2, 0) is 0 Å². The third-order valence-electron chi connectivity index (χ3n) is 3.32. The minimum Gasteiger partial charge on any atom is -0.337 e. The molecule has 0 aliphatic carbocycles. The highest BCUT2D eigenvalue weighted by Crippen LogP contribution is 2.17. The molecule has 2 heterocycles. The lowest BCUT2D eigenvalue weighted by Crippen LogP contribution is -2.44. The maximum Gasteiger partial charge on any atom is 0.273 e. The fourth-order valence-corrected chi connectivity index (χ4v) is 2.80. The van der Waals surface area contributed by atoms with Gasteiger partial charge in [0, 0.05) is 24.5 Å². The lowest BCUT2D eigenvalue weighted by molar-refractivity contribution is 0.0658. The normalized spacial score (nSPS) is 17.8. The summed E-state index contributed by atoms with van der Waals surface area (Å²) in [5, 5.41) is 2.81. The topological polar surface area (TPSA) is 36.4 Å². The summed E-state index contributed by atoms with van der Waals surface area (Å²) in [6.45, 7) is 3.62. The van der Waals surface area contributed by atoms with Gasteiger partial charge >= 0.3 is 0 Å². The van der Waals surface area contributed by atoms with Crippen molar-refractivity contribution in [2.45, 2.75) is 25.8 Å². The van der Waals surface area contributed by atoms with Crippen LogP contribution in [0.25, 0.3) is 0 Å². The lowest BCUT2D eigenvalue weighted by Gasteiger charge is -2.34. The molecule has 5 heteroatoms. The van der Waals surface area contributed by atoms with E-state index in [1.807, 2.05) is 17.2 Å². The van der Waals surface area contributed by atoms with Crippen molar-refractivity contribution in [3.63, 3.8) is 0 Å². The molecule has 17 heavy (non-hydrogen) atoms. The number of nitrogens with zero attached hydrogens (tertiary/aromatic N) is 3. The van der Waals surface area contributed by atoms with Gasteiger partial charge in [0.25, 0.3) is 5.91 Å². The van der Waals surface area contributed by atoms with E-state index in [-0.39, 0.29) is 5.91 Å². The van der Waals surface area contributed by atoms with E-state index in [4.69, 9.17) is 0 Å². The molecule has 0 atom stereocenters. The Morgan fingerprint density at radius 2 is 2.12 bits per heavy atom. The first kappa shape index (κ1) is 12.5. The summed E-state index contributed by atoms with van der Waals surface area (Å²) in [4.78, 5) is 20.6. The number of amides is 1. The predicted molar refractivity (Wildman–Crippen MR) is 69.5 cm³/mol. The van der Waals surface area contributed by atoms with Gasteiger partial charge in [0.15, 0.2) is 0 Å². The summed E-state index contributed by atoms with van der Waals surface area (Å²) >= 11 is 1.54. The molecule has 0 aromatic carbocycles. The molecule has 4 nitrogen and oxygen atoms in total. The molecule has 94 valence electrons. The number of likely N-dealkylation sites (tertiary alicyclic amines) is 1. The smallest absolute Gasteiger partial charge is 0.273 e. The van der Waals surface area contributed by atoms with E-state index >= 15 is 0 Å². The zero-order chi connectivity index (χ0) is 12.4. The first-order valence-electron chi connectivity index (χ1n) is 5.96. The Bertz CT molecular complexity index is 394. The average Bonchev–Trinajstić information content (AvgIpc) is 2.75. The Balaban J connectivity index is 1.95. The molecule has 1 aliphatic rings. The SMILES string of the molecule is Cc1nc(C(=O)N2CCC(N(C)C)CC2)cs1. The van der Waals surface area contributed by atoms with Crippen LogP contribution in [0, 0.1) is 6.92 Å². The van der Waals surface area contributed by atoms with Gasteiger partial charge in [0.05, 0.1) is 5.01 Å². The van der Waals surface area contributed by atoms with Crippen LogP contribution in [0.3, 0.4) is 0 Å². The Labute approximate surface area is 106 Å². The maximum atomic E-state index is 12.1. The quantitative estimate of drug-likeness (QED) is 0.803. The summed E-state index contributed by atoms with van der Waals surface area (Å²) in [6, 6.07) is 0.608. The fraction of sp³-hybridized carbons (Fsp3) is 0.667. The highest BCUT2D eigenvalue weighted by molar-refractivity contribution is 7.09. The number of carbonyl (C=O) groups excluding carboxylic acids is 1. The number of carbonyl (C=O) groups is 1. The van der Waals surface area contributed by atoms with Crippen LogP contribution in [-0.4, -0.2) is 53.9 Å². The number of piperidine rings is 1. The lowest BCUT2D eigenvalue weighted by atomic mass is 10.0. The summed E-state index contributed by atoms with van der Waals surface area (Å²) in [5.74, 6) is 0.0894. The molecule has 0 bridgehead atoms. The molecule has 1 aliphatic heterocycles. The molecule has 1 aromatic heterocycles. The molecule has 0 N–H and O–H groups in total. The highest BCUT2D eigenvalue weighted by Gasteiger charge is 2.25. The van der Waals surface area contributed by atoms with E-state index in [0.29, 0.717) is 11.7 Å². The summed E-state index contributed by atoms with van der Waals surface area (Å²) in [5.41, 5.74) is 0.607. The van der Waals surface area contributed by atoms with E-state index in [2.05, 4.69) is 24.0 Å². The Morgan fingerprint density at radius 3 is 2.59 bits per heavy atom. The zero-order valence-electron chi connectivity index (χ0n) is 10.6. The fourth-order valence-electron chi connectivity index (χ4n) is 2.21. The number of aryl methyl sites for hydroxylation is 1. The third-order valence-corrected chi connectivity index (χ3v) is 4.09. The number of rotatable bonds is 2. The second kappa shape index (κ2) is 5.14. The molecule has 0 saturated carbocycles. The van der Waals surface area contributed by atoms with Crippen molar-refractivity contribution in [1.29, 1.82) is 0 Å². The summed E-state index contributed by atoms with van der Waals surface area (Å²) in [6.07, 6.45) is 2.11. The first-order valence-corrected chi connectivity index (χ1v) is 6.83. The number of aromatic nitrogens is 1. The second-order valence-corrected chi connectivity index (χ2v) is 5.80. The van der Waals surface area contributed by atoms with Gasteiger partial charge in [-0.2, -0.15) is 0 Å². The third kappa shape index (κ3) is 2.84. The van der Waals surface area contributed by atoms with Crippen molar-refractivity contribution >= 4 is 17.2 Å². The van der Waals surface area contributed by atoms with Crippen molar-refractivity contribution in [1.82, 2.24) is 14.8 Å². The van der Waals surface area contributed by atoms with Crippen molar-refractivity contribution in [2.24, 2.45) is 0 Å². The summed E-state index contributed by atoms with van der Waals surface area (Å²) in [7, 11) is 4.21. The molecular formula is C12H19N3OS. The molecular weight excluding hydrogens is 234 g/mol. The monoisotopic (exact) mass is 253 g/mol. The Hall–Kier alpha value is -0.940. The van der Waals surface area contributed by atoms with Gasteiger partial charge < -0.3 is 9.80 Å². The van der Waals surface area contributed by atoms with Crippen LogP contribution >= 0.6 is 11.3 Å². The molecule has 1 fully saturated rings. The Kier molecular flexibility index (Phi) is 3.79. The number of hydrogen-bond donors (Lipinski definition) is 0. The van der Waals surface area contributed by atoms with Crippen LogP contribution in [0.4, 0.5) is 0 Å². The van der Waals surface area contributed by atoms with Gasteiger partial charge in [-0.1, -0.05) is 0 Å². The van der Waals surface area contributed by atoms with Gasteiger partial charge in [0.1, 0.15) is 5.69 Å². The molecule has 0 unspecified atom stereocenters. The van der Waals surface area contributed by atoms with Gasteiger partial charge in [-0.15, -0.1) is 11.3 Å². The standard InChI is InChI=1S/C12H19N3OS/c1-9-13-11(8-17-9)12(16)15-6-4-10(5-7-15)14(2)3/h8,10H,4-7H2,1-3H3. The maximum absolute atomic E-state index is 12.1. The first-order chi connectivity index (χ1) is 8.08. The number of thiazole rings is 1. The van der Waals surface area contributed by atoms with E-state index in [1.54, 1.807) is 0 Å². The minimum atomic E-state index is 0.0894. The number of hydrogen-bond acceptors (Lipinski definition) is 4. The van der Waals surface area contributed by atoms with Gasteiger partial charge in [-0.3, -0.25) is 4.79 Å². The zero-order valence-corrected chi connectivity index (χ0v) is 11.5. The molecule has 1 amide bonds. The van der Waals surface area contributed by atoms with Crippen LogP contribution in [0.5, 0.6) is 0 Å². The van der Waals surface area contributed by atoms with E-state index in [0.717, 1.165) is 30.9 Å². The van der Waals surface area contributed by atoms with Crippen LogP contribution < -0.4 is 0 Å². The molecule has 0 radical (unpaired) electrons. The van der Waals surface area contributed by atoms with E-state index in [9.17, 15) is 4.79 Å². The largest absolute Gasteiger partial charge is 0.337 e. The molecule has 1 saturated heterocycles. The van der Waals surface area contributed by atoms with Gasteiger partial charge in [-0.05, 0) is 33.9 Å². The van der Waals surface area contributed by atoms with Gasteiger partial charge in [-0.25, -0.2) is 4.98 Å². The van der Waals surface area contributed by atoms with Gasteiger partial charge in [0.2, 0.25) is 0 Å². The van der Waals surface area contributed by atoms with Crippen LogP contribution in [0.2, 0.25) is 0 Å².